The van der Waals surface area contributed by atoms with Gasteiger partial charge in [0.25, 0.3) is 0 Å². The number of amides is 2. The van der Waals surface area contributed by atoms with Crippen molar-refractivity contribution in [1.29, 1.82) is 0 Å². The number of rotatable bonds is 2. The highest BCUT2D eigenvalue weighted by Crippen LogP contribution is 2.57. The minimum Gasteiger partial charge on any atom is -0.508 e. The van der Waals surface area contributed by atoms with Gasteiger partial charge in [-0.2, -0.15) is 0 Å². The van der Waals surface area contributed by atoms with Crippen LogP contribution in [0.4, 0.5) is 5.69 Å². The van der Waals surface area contributed by atoms with E-state index in [0.29, 0.717) is 5.56 Å². The molecule has 2 aromatic rings. The molecule has 5 N–H and O–H groups in total. The summed E-state index contributed by atoms with van der Waals surface area (Å²) in [6, 6.07) is 10.0. The third kappa shape index (κ3) is 2.58. The summed E-state index contributed by atoms with van der Waals surface area (Å²) in [6.45, 7) is 6.53. The van der Waals surface area contributed by atoms with Crippen molar-refractivity contribution >= 4 is 17.5 Å². The normalized spacial score (nSPS) is 23.1. The molecule has 7 heteroatoms. The van der Waals surface area contributed by atoms with Crippen molar-refractivity contribution < 1.29 is 24.9 Å². The van der Waals surface area contributed by atoms with Crippen molar-refractivity contribution in [3.63, 3.8) is 0 Å². The van der Waals surface area contributed by atoms with Crippen LogP contribution in [0.1, 0.15) is 38.8 Å². The lowest BCUT2D eigenvalue weighted by molar-refractivity contribution is -0.127. The minimum absolute atomic E-state index is 0.0464. The number of benzene rings is 2. The smallest absolute Gasteiger partial charge is 0.224 e. The lowest BCUT2D eigenvalue weighted by atomic mass is 9.57. The highest BCUT2D eigenvalue weighted by molar-refractivity contribution is 5.99. The van der Waals surface area contributed by atoms with E-state index in [1.807, 2.05) is 0 Å². The first-order valence-electron chi connectivity index (χ1n) is 8.80. The van der Waals surface area contributed by atoms with Crippen molar-refractivity contribution in [2.45, 2.75) is 38.6 Å². The molecule has 3 rings (SSSR count). The van der Waals surface area contributed by atoms with Crippen LogP contribution in [-0.2, 0) is 15.0 Å². The quantitative estimate of drug-likeness (QED) is 0.633. The summed E-state index contributed by atoms with van der Waals surface area (Å²) in [4.78, 5) is 26.6. The van der Waals surface area contributed by atoms with Crippen LogP contribution < -0.4 is 10.6 Å². The minimum atomic E-state index is -1.15. The molecule has 28 heavy (non-hydrogen) atoms. The maximum absolute atomic E-state index is 12.7. The molecule has 7 nitrogen and oxygen atoms in total. The second kappa shape index (κ2) is 6.15. The van der Waals surface area contributed by atoms with E-state index in [1.165, 1.54) is 30.0 Å². The van der Waals surface area contributed by atoms with E-state index in [1.54, 1.807) is 32.9 Å². The van der Waals surface area contributed by atoms with Gasteiger partial charge in [0, 0.05) is 24.0 Å². The summed E-state index contributed by atoms with van der Waals surface area (Å²) >= 11 is 0. The molecule has 0 saturated heterocycles. The standard InChI is InChI=1S/C21H23N2O5/c1-11(24)23-15-9-14(26)10-16(27)17(15)21(4,12-5-7-13(25)8-6-12)18(19(22)28)20(23,2)3/h5-9,18,25-27H,1-4H3,(H2,22,28). The van der Waals surface area contributed by atoms with Crippen LogP contribution in [0.25, 0.3) is 0 Å². The van der Waals surface area contributed by atoms with Gasteiger partial charge < -0.3 is 26.0 Å². The second-order valence-electron chi connectivity index (χ2n) is 7.86. The topological polar surface area (TPSA) is 124 Å². The van der Waals surface area contributed by atoms with Crippen LogP contribution in [0.3, 0.4) is 0 Å². The monoisotopic (exact) mass is 383 g/mol. The number of hydrogen-bond donors (Lipinski definition) is 4. The molecule has 2 unspecified atom stereocenters. The first-order chi connectivity index (χ1) is 12.9. The number of phenolic OH excluding ortho intramolecular Hbond substituents is 3. The number of nitrogens with two attached hydrogens (primary N) is 1. The molecule has 2 amide bonds. The zero-order valence-electron chi connectivity index (χ0n) is 16.1. The molecule has 1 radical (unpaired) electrons. The van der Waals surface area contributed by atoms with E-state index in [0.717, 1.165) is 0 Å². The predicted octanol–water partition coefficient (Wildman–Crippen LogP) is 2.16. The fraction of sp³-hybridized carbons (Fsp3) is 0.333. The Morgan fingerprint density at radius 1 is 1.11 bits per heavy atom. The zero-order chi connectivity index (χ0) is 21.0. The molecule has 2 aromatic carbocycles. The van der Waals surface area contributed by atoms with E-state index < -0.39 is 22.8 Å². The largest absolute Gasteiger partial charge is 0.508 e. The highest BCUT2D eigenvalue weighted by Gasteiger charge is 2.58. The average molecular weight is 383 g/mol. The van der Waals surface area contributed by atoms with Crippen LogP contribution in [-0.4, -0.2) is 32.7 Å². The summed E-state index contributed by atoms with van der Waals surface area (Å²) in [6.07, 6.45) is 0. The molecule has 0 fully saturated rings. The first kappa shape index (κ1) is 19.5. The fourth-order valence-corrected chi connectivity index (χ4v) is 4.85. The Bertz CT molecular complexity index is 968. The van der Waals surface area contributed by atoms with Gasteiger partial charge in [0.1, 0.15) is 17.2 Å². The number of nitrogens with zero attached hydrogens (tertiary/aromatic N) is 1. The van der Waals surface area contributed by atoms with Gasteiger partial charge in [0.15, 0.2) is 0 Å². The number of fused-ring (bicyclic) bond motifs is 1. The van der Waals surface area contributed by atoms with Crippen LogP contribution >= 0.6 is 0 Å². The Balaban J connectivity index is 2.49. The number of carbonyl (C=O) groups is 2. The van der Waals surface area contributed by atoms with Crippen molar-refractivity contribution in [2.24, 2.45) is 11.7 Å². The zero-order valence-corrected chi connectivity index (χ0v) is 16.1. The second-order valence-corrected chi connectivity index (χ2v) is 7.86. The number of primary amides is 1. The van der Waals surface area contributed by atoms with Gasteiger partial charge in [-0.15, -0.1) is 0 Å². The van der Waals surface area contributed by atoms with E-state index >= 15 is 0 Å². The number of anilines is 1. The van der Waals surface area contributed by atoms with Gasteiger partial charge in [0.2, 0.25) is 11.8 Å². The maximum atomic E-state index is 12.7. The number of carbonyl (C=O) groups excluding carboxylic acids is 2. The molecule has 147 valence electrons. The first-order valence-corrected chi connectivity index (χ1v) is 8.80. The summed E-state index contributed by atoms with van der Waals surface area (Å²) in [5.74, 6) is -2.60. The van der Waals surface area contributed by atoms with E-state index in [-0.39, 0.29) is 34.4 Å². The van der Waals surface area contributed by atoms with Crippen LogP contribution in [0.15, 0.2) is 30.3 Å². The lowest BCUT2D eigenvalue weighted by Gasteiger charge is -2.55. The van der Waals surface area contributed by atoms with Gasteiger partial charge >= 0.3 is 0 Å². The van der Waals surface area contributed by atoms with Crippen LogP contribution in [0.2, 0.25) is 0 Å². The van der Waals surface area contributed by atoms with Crippen molar-refractivity contribution in [2.75, 3.05) is 4.90 Å². The fourth-order valence-electron chi connectivity index (χ4n) is 4.85. The Morgan fingerprint density at radius 2 is 1.68 bits per heavy atom. The molecule has 0 aromatic heterocycles. The SMILES string of the molecule is CC(=O)N1c2cc(O)[c]c(O)c2C(C)(c2ccc(O)cc2)C(C(N)=O)C1(C)C. The number of aromatic hydroxyl groups is 3. The summed E-state index contributed by atoms with van der Waals surface area (Å²) < 4.78 is 0. The van der Waals surface area contributed by atoms with Crippen molar-refractivity contribution in [1.82, 2.24) is 0 Å². The third-order valence-electron chi connectivity index (χ3n) is 5.70. The van der Waals surface area contributed by atoms with Crippen molar-refractivity contribution in [3.05, 3.63) is 47.5 Å². The Kier molecular flexibility index (Phi) is 4.29. The number of phenols is 3. The average Bonchev–Trinajstić information content (AvgIpc) is 2.52. The van der Waals surface area contributed by atoms with E-state index in [4.69, 9.17) is 5.73 Å². The number of hydrogen-bond acceptors (Lipinski definition) is 5. The van der Waals surface area contributed by atoms with E-state index in [9.17, 15) is 24.9 Å². The van der Waals surface area contributed by atoms with E-state index in [2.05, 4.69) is 6.07 Å². The lowest BCUT2D eigenvalue weighted by Crippen LogP contribution is -2.65. The predicted molar refractivity (Wildman–Crippen MR) is 103 cm³/mol. The Morgan fingerprint density at radius 3 is 2.18 bits per heavy atom. The van der Waals surface area contributed by atoms with Gasteiger partial charge in [-0.3, -0.25) is 9.59 Å². The molecule has 0 bridgehead atoms. The van der Waals surface area contributed by atoms with Gasteiger partial charge in [0.05, 0.1) is 23.2 Å². The highest BCUT2D eigenvalue weighted by atomic mass is 16.3. The Hall–Kier alpha value is -3.22. The van der Waals surface area contributed by atoms with Gasteiger partial charge in [-0.05, 0) is 31.5 Å². The molecule has 0 aliphatic carbocycles. The summed E-state index contributed by atoms with van der Waals surface area (Å²) in [7, 11) is 0. The third-order valence-corrected chi connectivity index (χ3v) is 5.70. The molecule has 1 aliphatic rings. The van der Waals surface area contributed by atoms with Gasteiger partial charge in [-0.25, -0.2) is 0 Å². The molecule has 2 atom stereocenters. The maximum Gasteiger partial charge on any atom is 0.224 e. The molecular weight excluding hydrogens is 360 g/mol. The van der Waals surface area contributed by atoms with Gasteiger partial charge in [-0.1, -0.05) is 19.1 Å². The summed E-state index contributed by atoms with van der Waals surface area (Å²) in [5.41, 5.74) is 4.74. The molecule has 1 aliphatic heterocycles. The van der Waals surface area contributed by atoms with Crippen LogP contribution in [0.5, 0.6) is 17.2 Å². The molecule has 0 spiro atoms. The molecule has 0 saturated carbocycles. The Labute approximate surface area is 163 Å². The van der Waals surface area contributed by atoms with Crippen LogP contribution in [0, 0.1) is 12.0 Å². The molecular formula is C21H23N2O5. The summed E-state index contributed by atoms with van der Waals surface area (Å²) in [5, 5.41) is 30.4. The van der Waals surface area contributed by atoms with Crippen molar-refractivity contribution in [3.8, 4) is 17.2 Å². The molecule has 1 heterocycles.